The molecule has 3 heteroatoms. The molecule has 92 valence electrons. The summed E-state index contributed by atoms with van der Waals surface area (Å²) in [4.78, 5) is 2.23. The van der Waals surface area contributed by atoms with Crippen LogP contribution in [0.4, 0.5) is 4.39 Å². The zero-order valence-corrected chi connectivity index (χ0v) is 10.7. The van der Waals surface area contributed by atoms with Crippen molar-refractivity contribution < 1.29 is 4.39 Å². The second-order valence-electron chi connectivity index (χ2n) is 4.24. The van der Waals surface area contributed by atoms with Crippen LogP contribution < -0.4 is 0 Å². The molecule has 0 fully saturated rings. The van der Waals surface area contributed by atoms with E-state index in [1.807, 2.05) is 6.07 Å². The molecule has 17 heavy (non-hydrogen) atoms. The molecule has 1 atom stereocenters. The van der Waals surface area contributed by atoms with Crippen molar-refractivity contribution in [3.8, 4) is 6.07 Å². The van der Waals surface area contributed by atoms with E-state index in [1.54, 1.807) is 12.1 Å². The largest absolute Gasteiger partial charge is 0.297 e. The summed E-state index contributed by atoms with van der Waals surface area (Å²) < 4.78 is 13.7. The second kappa shape index (κ2) is 6.36. The Labute approximate surface area is 103 Å². The van der Waals surface area contributed by atoms with Crippen LogP contribution >= 0.6 is 0 Å². The smallest absolute Gasteiger partial charge is 0.129 e. The van der Waals surface area contributed by atoms with Gasteiger partial charge < -0.3 is 0 Å². The van der Waals surface area contributed by atoms with Crippen molar-refractivity contribution in [2.75, 3.05) is 6.54 Å². The standard InChI is InChI=1S/C14H19FN2/c1-4-11(3)17(5-2)10-13-7-6-12(9-16)8-14(13)15/h6-8,11H,4-5,10H2,1-3H3. The molecule has 0 aliphatic rings. The first kappa shape index (κ1) is 13.7. The van der Waals surface area contributed by atoms with E-state index in [4.69, 9.17) is 5.26 Å². The lowest BCUT2D eigenvalue weighted by atomic mass is 10.1. The minimum atomic E-state index is -0.286. The Morgan fingerprint density at radius 1 is 1.41 bits per heavy atom. The van der Waals surface area contributed by atoms with Crippen molar-refractivity contribution in [1.82, 2.24) is 4.90 Å². The Balaban J connectivity index is 2.84. The molecule has 1 rings (SSSR count). The Hall–Kier alpha value is -1.40. The Bertz CT molecular complexity index is 409. The molecular formula is C14H19FN2. The maximum Gasteiger partial charge on any atom is 0.129 e. The Morgan fingerprint density at radius 2 is 2.12 bits per heavy atom. The molecule has 0 amide bonds. The van der Waals surface area contributed by atoms with E-state index in [1.165, 1.54) is 6.07 Å². The molecule has 0 saturated carbocycles. The average molecular weight is 234 g/mol. The van der Waals surface area contributed by atoms with E-state index in [-0.39, 0.29) is 5.82 Å². The highest BCUT2D eigenvalue weighted by Crippen LogP contribution is 2.15. The SMILES string of the molecule is CCC(C)N(CC)Cc1ccc(C#N)cc1F. The maximum atomic E-state index is 13.7. The van der Waals surface area contributed by atoms with Gasteiger partial charge in [-0.15, -0.1) is 0 Å². The molecule has 0 aromatic heterocycles. The fourth-order valence-corrected chi connectivity index (χ4v) is 1.80. The summed E-state index contributed by atoms with van der Waals surface area (Å²) in [5.74, 6) is -0.286. The van der Waals surface area contributed by atoms with Gasteiger partial charge in [-0.1, -0.05) is 19.9 Å². The van der Waals surface area contributed by atoms with Gasteiger partial charge in [0.15, 0.2) is 0 Å². The molecular weight excluding hydrogens is 215 g/mol. The van der Waals surface area contributed by atoms with E-state index in [0.29, 0.717) is 23.7 Å². The molecule has 0 heterocycles. The van der Waals surface area contributed by atoms with Gasteiger partial charge in [0, 0.05) is 18.2 Å². The lowest BCUT2D eigenvalue weighted by Gasteiger charge is -2.27. The zero-order chi connectivity index (χ0) is 12.8. The van der Waals surface area contributed by atoms with Gasteiger partial charge in [-0.3, -0.25) is 4.90 Å². The van der Waals surface area contributed by atoms with E-state index >= 15 is 0 Å². The van der Waals surface area contributed by atoms with Gasteiger partial charge in [-0.2, -0.15) is 5.26 Å². The van der Waals surface area contributed by atoms with Gasteiger partial charge >= 0.3 is 0 Å². The van der Waals surface area contributed by atoms with Crippen molar-refractivity contribution in [2.24, 2.45) is 0 Å². The summed E-state index contributed by atoms with van der Waals surface area (Å²) in [5, 5.41) is 8.68. The van der Waals surface area contributed by atoms with Crippen molar-refractivity contribution in [3.05, 3.63) is 35.1 Å². The van der Waals surface area contributed by atoms with E-state index in [9.17, 15) is 4.39 Å². The van der Waals surface area contributed by atoms with Crippen LogP contribution in [0.15, 0.2) is 18.2 Å². The summed E-state index contributed by atoms with van der Waals surface area (Å²) in [6.45, 7) is 7.85. The number of hydrogen-bond donors (Lipinski definition) is 0. The molecule has 0 aliphatic heterocycles. The predicted molar refractivity (Wildman–Crippen MR) is 67.0 cm³/mol. The third-order valence-corrected chi connectivity index (χ3v) is 3.18. The molecule has 1 aromatic rings. The van der Waals surface area contributed by atoms with Crippen molar-refractivity contribution in [1.29, 1.82) is 5.26 Å². The molecule has 0 saturated heterocycles. The van der Waals surface area contributed by atoms with Crippen LogP contribution in [0.5, 0.6) is 0 Å². The monoisotopic (exact) mass is 234 g/mol. The molecule has 0 bridgehead atoms. The fraction of sp³-hybridized carbons (Fsp3) is 0.500. The van der Waals surface area contributed by atoms with Crippen molar-refractivity contribution in [2.45, 2.75) is 39.8 Å². The number of halogens is 1. The van der Waals surface area contributed by atoms with Gasteiger partial charge in [-0.25, -0.2) is 4.39 Å². The lowest BCUT2D eigenvalue weighted by Crippen LogP contribution is -2.32. The van der Waals surface area contributed by atoms with Crippen LogP contribution in [-0.2, 0) is 6.54 Å². The highest BCUT2D eigenvalue weighted by Gasteiger charge is 2.13. The lowest BCUT2D eigenvalue weighted by molar-refractivity contribution is 0.203. The number of nitrogens with zero attached hydrogens (tertiary/aromatic N) is 2. The van der Waals surface area contributed by atoms with E-state index in [0.717, 1.165) is 13.0 Å². The minimum absolute atomic E-state index is 0.286. The van der Waals surface area contributed by atoms with Gasteiger partial charge in [0.2, 0.25) is 0 Å². The van der Waals surface area contributed by atoms with Crippen LogP contribution in [0.2, 0.25) is 0 Å². The first-order chi connectivity index (χ1) is 8.12. The van der Waals surface area contributed by atoms with Gasteiger partial charge in [0.25, 0.3) is 0 Å². The summed E-state index contributed by atoms with van der Waals surface area (Å²) >= 11 is 0. The first-order valence-corrected chi connectivity index (χ1v) is 6.04. The van der Waals surface area contributed by atoms with E-state index in [2.05, 4.69) is 25.7 Å². The summed E-state index contributed by atoms with van der Waals surface area (Å²) in [5.41, 5.74) is 1.03. The minimum Gasteiger partial charge on any atom is -0.297 e. The quantitative estimate of drug-likeness (QED) is 0.781. The Morgan fingerprint density at radius 3 is 2.59 bits per heavy atom. The molecule has 0 radical (unpaired) electrons. The summed E-state index contributed by atoms with van der Waals surface area (Å²) in [6, 6.07) is 7.06. The van der Waals surface area contributed by atoms with Crippen molar-refractivity contribution >= 4 is 0 Å². The van der Waals surface area contributed by atoms with Crippen molar-refractivity contribution in [3.63, 3.8) is 0 Å². The van der Waals surface area contributed by atoms with Crippen LogP contribution in [0.3, 0.4) is 0 Å². The molecule has 0 aliphatic carbocycles. The molecule has 0 spiro atoms. The number of hydrogen-bond acceptors (Lipinski definition) is 2. The summed E-state index contributed by atoms with van der Waals surface area (Å²) in [6.07, 6.45) is 1.05. The number of nitriles is 1. The average Bonchev–Trinajstić information content (AvgIpc) is 2.36. The third kappa shape index (κ3) is 3.54. The zero-order valence-electron chi connectivity index (χ0n) is 10.7. The molecule has 0 N–H and O–H groups in total. The van der Waals surface area contributed by atoms with E-state index < -0.39 is 0 Å². The fourth-order valence-electron chi connectivity index (χ4n) is 1.80. The second-order valence-corrected chi connectivity index (χ2v) is 4.24. The summed E-state index contributed by atoms with van der Waals surface area (Å²) in [7, 11) is 0. The molecule has 1 unspecified atom stereocenters. The molecule has 1 aromatic carbocycles. The van der Waals surface area contributed by atoms with Gasteiger partial charge in [-0.05, 0) is 32.0 Å². The highest BCUT2D eigenvalue weighted by molar-refractivity contribution is 5.32. The van der Waals surface area contributed by atoms with Crippen LogP contribution in [-0.4, -0.2) is 17.5 Å². The van der Waals surface area contributed by atoms with Gasteiger partial charge in [0.05, 0.1) is 11.6 Å². The third-order valence-electron chi connectivity index (χ3n) is 3.18. The highest BCUT2D eigenvalue weighted by atomic mass is 19.1. The molecule has 2 nitrogen and oxygen atoms in total. The number of benzene rings is 1. The maximum absolute atomic E-state index is 13.7. The first-order valence-electron chi connectivity index (χ1n) is 6.04. The topological polar surface area (TPSA) is 27.0 Å². The number of rotatable bonds is 5. The van der Waals surface area contributed by atoms with Crippen LogP contribution in [0.25, 0.3) is 0 Å². The van der Waals surface area contributed by atoms with Crippen LogP contribution in [0, 0.1) is 17.1 Å². The predicted octanol–water partition coefficient (Wildman–Crippen LogP) is 3.32. The van der Waals surface area contributed by atoms with Gasteiger partial charge in [0.1, 0.15) is 5.82 Å². The Kier molecular flexibility index (Phi) is 5.11. The van der Waals surface area contributed by atoms with Crippen LogP contribution in [0.1, 0.15) is 38.3 Å². The normalized spacial score (nSPS) is 12.5.